The van der Waals surface area contributed by atoms with Crippen LogP contribution < -0.4 is 25.7 Å². The highest BCUT2D eigenvalue weighted by atomic mass is 32.2. The van der Waals surface area contributed by atoms with Crippen LogP contribution in [0.25, 0.3) is 11.2 Å². The van der Waals surface area contributed by atoms with E-state index in [1.165, 1.54) is 28.8 Å². The molecule has 0 spiro atoms. The summed E-state index contributed by atoms with van der Waals surface area (Å²) >= 11 is 0. The van der Waals surface area contributed by atoms with Crippen molar-refractivity contribution in [2.45, 2.75) is 24.9 Å². The maximum atomic E-state index is 14.0. The number of aryl methyl sites for hydroxylation is 1. The molecule has 0 unspecified atom stereocenters. The lowest BCUT2D eigenvalue weighted by atomic mass is 10.1. The summed E-state index contributed by atoms with van der Waals surface area (Å²) in [7, 11) is -3.88. The first-order valence-corrected chi connectivity index (χ1v) is 13.6. The molecule has 5 rings (SSSR count). The van der Waals surface area contributed by atoms with Crippen LogP contribution in [0.2, 0.25) is 0 Å². The minimum Gasteiger partial charge on any atom is -0.425 e. The van der Waals surface area contributed by atoms with Crippen LogP contribution in [-0.2, 0) is 23.1 Å². The fraction of sp³-hybridized carbons (Fsp3) is 0.280. The number of ether oxygens (including phenoxy) is 1. The van der Waals surface area contributed by atoms with Crippen molar-refractivity contribution in [3.63, 3.8) is 0 Å². The fourth-order valence-electron chi connectivity index (χ4n) is 4.45. The van der Waals surface area contributed by atoms with E-state index in [9.17, 15) is 18.5 Å². The second kappa shape index (κ2) is 10.3. The predicted molar refractivity (Wildman–Crippen MR) is 141 cm³/mol. The van der Waals surface area contributed by atoms with Crippen molar-refractivity contribution in [2.24, 2.45) is 5.14 Å². The highest BCUT2D eigenvalue weighted by molar-refractivity contribution is 7.89. The molecule has 0 saturated carbocycles. The lowest BCUT2D eigenvalue weighted by Gasteiger charge is -2.28. The molecule has 2 aromatic carbocycles. The summed E-state index contributed by atoms with van der Waals surface area (Å²) in [4.78, 5) is 25.3. The van der Waals surface area contributed by atoms with E-state index >= 15 is 0 Å². The third kappa shape index (κ3) is 4.84. The number of hydrogen-bond donors (Lipinski definition) is 2. The Bertz CT molecular complexity index is 1700. The average molecular weight is 535 g/mol. The van der Waals surface area contributed by atoms with Crippen LogP contribution in [0.1, 0.15) is 18.1 Å². The Balaban J connectivity index is 1.66. The molecule has 0 radical (unpaired) electrons. The topological polar surface area (TPSA) is 161 Å². The van der Waals surface area contributed by atoms with E-state index < -0.39 is 10.0 Å². The van der Waals surface area contributed by atoms with Gasteiger partial charge in [0.05, 0.1) is 23.1 Å². The van der Waals surface area contributed by atoms with Gasteiger partial charge in [-0.25, -0.2) is 13.6 Å². The molecular weight excluding hydrogens is 508 g/mol. The van der Waals surface area contributed by atoms with Gasteiger partial charge in [0, 0.05) is 32.7 Å². The molecule has 1 aliphatic rings. The summed E-state index contributed by atoms with van der Waals surface area (Å²) in [6.45, 7) is 5.58. The molecule has 12 nitrogen and oxygen atoms in total. The van der Waals surface area contributed by atoms with Gasteiger partial charge in [0.2, 0.25) is 16.0 Å². The van der Waals surface area contributed by atoms with Crippen molar-refractivity contribution in [1.82, 2.24) is 24.4 Å². The van der Waals surface area contributed by atoms with Crippen molar-refractivity contribution >= 4 is 27.1 Å². The number of fused-ring (bicyclic) bond motifs is 1. The standard InChI is InChI=1S/C25H26N8O4S/c1-2-32-21-22(29-24(32)31-13-11-28-12-14-31)30-25(37-19-7-9-20(10-8-19)38(27,35)36)33(23(21)34)16-18-6-4-3-5-17(18)15-26/h3-10,28H,2,11-14,16H2,1H3,(H2,27,35,36). The van der Waals surface area contributed by atoms with Crippen LogP contribution in [0.4, 0.5) is 5.95 Å². The predicted octanol–water partition coefficient (Wildman–Crippen LogP) is 1.38. The Morgan fingerprint density at radius 2 is 1.79 bits per heavy atom. The molecule has 196 valence electrons. The molecule has 0 aliphatic carbocycles. The molecule has 3 heterocycles. The van der Waals surface area contributed by atoms with E-state index in [0.717, 1.165) is 26.2 Å². The van der Waals surface area contributed by atoms with Gasteiger partial charge < -0.3 is 19.5 Å². The molecular formula is C25H26N8O4S. The highest BCUT2D eigenvalue weighted by Gasteiger charge is 2.24. The van der Waals surface area contributed by atoms with Gasteiger partial charge >= 0.3 is 6.01 Å². The first-order chi connectivity index (χ1) is 18.3. The fourth-order valence-corrected chi connectivity index (χ4v) is 4.96. The maximum absolute atomic E-state index is 14.0. The number of primary sulfonamides is 1. The summed E-state index contributed by atoms with van der Waals surface area (Å²) in [5, 5.41) is 18.1. The Morgan fingerprint density at radius 3 is 2.45 bits per heavy atom. The molecule has 0 atom stereocenters. The Morgan fingerprint density at radius 1 is 1.08 bits per heavy atom. The normalized spacial score (nSPS) is 14.0. The lowest BCUT2D eigenvalue weighted by Crippen LogP contribution is -2.44. The number of anilines is 1. The third-order valence-corrected chi connectivity index (χ3v) is 7.28. The van der Waals surface area contributed by atoms with Crippen molar-refractivity contribution in [2.75, 3.05) is 31.1 Å². The minimum absolute atomic E-state index is 0.0357. The average Bonchev–Trinajstić information content (AvgIpc) is 3.30. The Labute approximate surface area is 219 Å². The molecule has 0 amide bonds. The third-order valence-electron chi connectivity index (χ3n) is 6.35. The van der Waals surface area contributed by atoms with Crippen LogP contribution in [0.3, 0.4) is 0 Å². The quantitative estimate of drug-likeness (QED) is 0.357. The van der Waals surface area contributed by atoms with Crippen LogP contribution >= 0.6 is 0 Å². The smallest absolute Gasteiger partial charge is 0.307 e. The first kappa shape index (κ1) is 25.4. The number of imidazole rings is 1. The van der Waals surface area contributed by atoms with Gasteiger partial charge in [-0.1, -0.05) is 18.2 Å². The number of nitrogens with one attached hydrogen (secondary N) is 1. The number of benzene rings is 2. The van der Waals surface area contributed by atoms with E-state index in [2.05, 4.69) is 21.3 Å². The Hall–Kier alpha value is -4.25. The van der Waals surface area contributed by atoms with Crippen molar-refractivity contribution in [3.8, 4) is 17.8 Å². The molecule has 1 aliphatic heterocycles. The van der Waals surface area contributed by atoms with Crippen molar-refractivity contribution in [1.29, 1.82) is 5.26 Å². The van der Waals surface area contributed by atoms with Gasteiger partial charge in [0.25, 0.3) is 5.56 Å². The van der Waals surface area contributed by atoms with Gasteiger partial charge in [-0.05, 0) is 42.8 Å². The zero-order valence-electron chi connectivity index (χ0n) is 20.7. The summed E-state index contributed by atoms with van der Waals surface area (Å²) in [6.07, 6.45) is 0. The Kier molecular flexibility index (Phi) is 6.85. The highest BCUT2D eigenvalue weighted by Crippen LogP contribution is 2.26. The maximum Gasteiger partial charge on any atom is 0.307 e. The van der Waals surface area contributed by atoms with Gasteiger partial charge in [0.1, 0.15) is 5.75 Å². The largest absolute Gasteiger partial charge is 0.425 e. The summed E-state index contributed by atoms with van der Waals surface area (Å²) in [5.41, 5.74) is 1.26. The van der Waals surface area contributed by atoms with Crippen LogP contribution in [0.5, 0.6) is 11.8 Å². The molecule has 38 heavy (non-hydrogen) atoms. The van der Waals surface area contributed by atoms with Crippen molar-refractivity contribution in [3.05, 3.63) is 70.0 Å². The summed E-state index contributed by atoms with van der Waals surface area (Å²) in [6, 6.07) is 14.6. The second-order valence-electron chi connectivity index (χ2n) is 8.74. The number of aromatic nitrogens is 4. The van der Waals surface area contributed by atoms with Crippen LogP contribution in [0.15, 0.2) is 58.2 Å². The molecule has 2 aromatic heterocycles. The van der Waals surface area contributed by atoms with Crippen molar-refractivity contribution < 1.29 is 13.2 Å². The summed E-state index contributed by atoms with van der Waals surface area (Å²) < 4.78 is 32.5. The van der Waals surface area contributed by atoms with Gasteiger partial charge in [-0.15, -0.1) is 0 Å². The number of nitrogens with two attached hydrogens (primary N) is 1. The van der Waals surface area contributed by atoms with E-state index in [4.69, 9.17) is 14.9 Å². The molecule has 1 fully saturated rings. The number of nitriles is 1. The molecule has 4 aromatic rings. The SMILES string of the molecule is CCn1c(N2CCNCC2)nc2nc(Oc3ccc(S(N)(=O)=O)cc3)n(Cc3ccccc3C#N)c(=O)c21. The zero-order valence-corrected chi connectivity index (χ0v) is 21.5. The van der Waals surface area contributed by atoms with Gasteiger partial charge in [-0.3, -0.25) is 9.36 Å². The zero-order chi connectivity index (χ0) is 26.9. The molecule has 0 bridgehead atoms. The second-order valence-corrected chi connectivity index (χ2v) is 10.3. The molecule has 1 saturated heterocycles. The lowest BCUT2D eigenvalue weighted by molar-refractivity contribution is 0.407. The first-order valence-electron chi connectivity index (χ1n) is 12.1. The van der Waals surface area contributed by atoms with Gasteiger partial charge in [0.15, 0.2) is 11.2 Å². The van der Waals surface area contributed by atoms with E-state index in [-0.39, 0.29) is 34.4 Å². The number of rotatable bonds is 7. The number of sulfonamides is 1. The van der Waals surface area contributed by atoms with Crippen LogP contribution in [-0.4, -0.2) is 53.7 Å². The molecule has 3 N–H and O–H groups in total. The minimum atomic E-state index is -3.88. The number of piperazine rings is 1. The van der Waals surface area contributed by atoms with E-state index in [1.807, 2.05) is 11.5 Å². The van der Waals surface area contributed by atoms with Crippen LogP contribution in [0, 0.1) is 11.3 Å². The monoisotopic (exact) mass is 534 g/mol. The van der Waals surface area contributed by atoms with Gasteiger partial charge in [-0.2, -0.15) is 15.2 Å². The number of hydrogen-bond acceptors (Lipinski definition) is 9. The number of nitrogens with zero attached hydrogens (tertiary/aromatic N) is 6. The van der Waals surface area contributed by atoms with E-state index in [1.54, 1.807) is 24.3 Å². The van der Waals surface area contributed by atoms with E-state index in [0.29, 0.717) is 29.1 Å². The summed E-state index contributed by atoms with van der Waals surface area (Å²) in [5.74, 6) is 0.912. The molecule has 13 heteroatoms.